The van der Waals surface area contributed by atoms with Gasteiger partial charge in [-0.1, -0.05) is 0 Å². The highest BCUT2D eigenvalue weighted by Crippen LogP contribution is 2.23. The Morgan fingerprint density at radius 2 is 2.06 bits per heavy atom. The molecule has 102 valence electrons. The average molecular weight is 316 g/mol. The molecule has 1 aromatic rings. The SMILES string of the molecule is CC(C)OC1CCC(NCc2ccc(Br)o2)CC1. The van der Waals surface area contributed by atoms with Gasteiger partial charge in [0.05, 0.1) is 18.8 Å². The summed E-state index contributed by atoms with van der Waals surface area (Å²) in [6.45, 7) is 5.03. The van der Waals surface area contributed by atoms with Crippen molar-refractivity contribution in [3.63, 3.8) is 0 Å². The second kappa shape index (κ2) is 6.73. The van der Waals surface area contributed by atoms with Crippen LogP contribution in [0.4, 0.5) is 0 Å². The molecule has 0 aliphatic heterocycles. The second-order valence-corrected chi connectivity index (χ2v) is 6.03. The molecule has 0 bridgehead atoms. The first-order chi connectivity index (χ1) is 8.63. The van der Waals surface area contributed by atoms with E-state index in [2.05, 4.69) is 35.1 Å². The average Bonchev–Trinajstić information content (AvgIpc) is 2.74. The van der Waals surface area contributed by atoms with Crippen LogP contribution >= 0.6 is 15.9 Å². The molecule has 1 fully saturated rings. The van der Waals surface area contributed by atoms with E-state index in [0.717, 1.165) is 29.8 Å². The largest absolute Gasteiger partial charge is 0.453 e. The molecule has 1 heterocycles. The van der Waals surface area contributed by atoms with E-state index in [0.29, 0.717) is 18.2 Å². The highest BCUT2D eigenvalue weighted by atomic mass is 79.9. The summed E-state index contributed by atoms with van der Waals surface area (Å²) in [6, 6.07) is 4.54. The second-order valence-electron chi connectivity index (χ2n) is 5.25. The summed E-state index contributed by atoms with van der Waals surface area (Å²) in [6.07, 6.45) is 5.52. The van der Waals surface area contributed by atoms with E-state index in [9.17, 15) is 0 Å². The monoisotopic (exact) mass is 315 g/mol. The molecule has 0 radical (unpaired) electrons. The summed E-state index contributed by atoms with van der Waals surface area (Å²) in [7, 11) is 0. The quantitative estimate of drug-likeness (QED) is 0.895. The van der Waals surface area contributed by atoms with E-state index in [1.54, 1.807) is 0 Å². The number of hydrogen-bond acceptors (Lipinski definition) is 3. The predicted octanol–water partition coefficient (Wildman–Crippen LogP) is 3.87. The van der Waals surface area contributed by atoms with Gasteiger partial charge in [0.25, 0.3) is 0 Å². The Balaban J connectivity index is 1.67. The Bertz CT molecular complexity index is 356. The minimum absolute atomic E-state index is 0.347. The molecule has 1 N–H and O–H groups in total. The van der Waals surface area contributed by atoms with E-state index in [1.165, 1.54) is 12.8 Å². The van der Waals surface area contributed by atoms with Crippen molar-refractivity contribution in [2.24, 2.45) is 0 Å². The molecule has 1 aliphatic rings. The zero-order chi connectivity index (χ0) is 13.0. The predicted molar refractivity (Wildman–Crippen MR) is 75.5 cm³/mol. The Morgan fingerprint density at radius 1 is 1.33 bits per heavy atom. The smallest absolute Gasteiger partial charge is 0.169 e. The van der Waals surface area contributed by atoms with Crippen LogP contribution in [0.2, 0.25) is 0 Å². The van der Waals surface area contributed by atoms with Gasteiger partial charge in [-0.2, -0.15) is 0 Å². The molecule has 0 atom stereocenters. The number of hydrogen-bond donors (Lipinski definition) is 1. The first-order valence-electron chi connectivity index (χ1n) is 6.76. The number of ether oxygens (including phenoxy) is 1. The topological polar surface area (TPSA) is 34.4 Å². The molecule has 2 rings (SSSR count). The van der Waals surface area contributed by atoms with Crippen LogP contribution in [0.15, 0.2) is 21.2 Å². The maximum Gasteiger partial charge on any atom is 0.169 e. The zero-order valence-corrected chi connectivity index (χ0v) is 12.7. The molecule has 4 heteroatoms. The molecule has 1 saturated carbocycles. The van der Waals surface area contributed by atoms with E-state index >= 15 is 0 Å². The molecule has 0 saturated heterocycles. The van der Waals surface area contributed by atoms with Crippen molar-refractivity contribution in [2.45, 2.75) is 64.3 Å². The van der Waals surface area contributed by atoms with Crippen molar-refractivity contribution in [2.75, 3.05) is 0 Å². The summed E-state index contributed by atoms with van der Waals surface area (Å²) in [5, 5.41) is 3.55. The highest BCUT2D eigenvalue weighted by Gasteiger charge is 2.22. The summed E-state index contributed by atoms with van der Waals surface area (Å²) in [5.41, 5.74) is 0. The number of furan rings is 1. The van der Waals surface area contributed by atoms with Gasteiger partial charge in [0.15, 0.2) is 4.67 Å². The maximum atomic E-state index is 5.85. The zero-order valence-electron chi connectivity index (χ0n) is 11.1. The third kappa shape index (κ3) is 4.41. The van der Waals surface area contributed by atoms with E-state index in [1.807, 2.05) is 12.1 Å². The van der Waals surface area contributed by atoms with Gasteiger partial charge in [0, 0.05) is 6.04 Å². The van der Waals surface area contributed by atoms with Crippen molar-refractivity contribution in [3.8, 4) is 0 Å². The molecule has 18 heavy (non-hydrogen) atoms. The molecular formula is C14H22BrNO2. The molecule has 1 aromatic heterocycles. The van der Waals surface area contributed by atoms with Crippen LogP contribution in [-0.2, 0) is 11.3 Å². The Morgan fingerprint density at radius 3 is 2.61 bits per heavy atom. The lowest BCUT2D eigenvalue weighted by atomic mass is 9.93. The van der Waals surface area contributed by atoms with Gasteiger partial charge in [0.1, 0.15) is 5.76 Å². The number of halogens is 1. The van der Waals surface area contributed by atoms with Crippen LogP contribution in [0.1, 0.15) is 45.3 Å². The lowest BCUT2D eigenvalue weighted by Crippen LogP contribution is -2.35. The normalized spacial score (nSPS) is 24.7. The van der Waals surface area contributed by atoms with Gasteiger partial charge in [-0.05, 0) is 67.6 Å². The number of nitrogens with one attached hydrogen (secondary N) is 1. The fourth-order valence-electron chi connectivity index (χ4n) is 2.48. The fraction of sp³-hybridized carbons (Fsp3) is 0.714. The Hall–Kier alpha value is -0.320. The van der Waals surface area contributed by atoms with E-state index < -0.39 is 0 Å². The Labute approximate surface area is 117 Å². The molecule has 3 nitrogen and oxygen atoms in total. The van der Waals surface area contributed by atoms with E-state index in [4.69, 9.17) is 9.15 Å². The summed E-state index contributed by atoms with van der Waals surface area (Å²) in [5.74, 6) is 0.988. The van der Waals surface area contributed by atoms with Gasteiger partial charge in [-0.3, -0.25) is 0 Å². The van der Waals surface area contributed by atoms with Crippen LogP contribution in [0.25, 0.3) is 0 Å². The van der Waals surface area contributed by atoms with Gasteiger partial charge in [0.2, 0.25) is 0 Å². The third-order valence-corrected chi connectivity index (χ3v) is 3.76. The highest BCUT2D eigenvalue weighted by molar-refractivity contribution is 9.10. The fourth-order valence-corrected chi connectivity index (χ4v) is 2.82. The van der Waals surface area contributed by atoms with Gasteiger partial charge < -0.3 is 14.5 Å². The number of rotatable bonds is 5. The summed E-state index contributed by atoms with van der Waals surface area (Å²) < 4.78 is 12.1. The minimum atomic E-state index is 0.347. The standard InChI is InChI=1S/C14H22BrNO2/c1-10(2)17-12-5-3-11(4-6-12)16-9-13-7-8-14(15)18-13/h7-8,10-12,16H,3-6,9H2,1-2H3. The molecule has 0 unspecified atom stereocenters. The molecular weight excluding hydrogens is 294 g/mol. The molecule has 0 spiro atoms. The maximum absolute atomic E-state index is 5.85. The molecule has 1 aliphatic carbocycles. The summed E-state index contributed by atoms with van der Waals surface area (Å²) in [4.78, 5) is 0. The first-order valence-corrected chi connectivity index (χ1v) is 7.56. The van der Waals surface area contributed by atoms with Crippen LogP contribution in [0.3, 0.4) is 0 Å². The van der Waals surface area contributed by atoms with Crippen LogP contribution in [0, 0.1) is 0 Å². The van der Waals surface area contributed by atoms with Crippen molar-refractivity contribution in [3.05, 3.63) is 22.6 Å². The van der Waals surface area contributed by atoms with Crippen LogP contribution in [-0.4, -0.2) is 18.2 Å². The van der Waals surface area contributed by atoms with Gasteiger partial charge in [-0.15, -0.1) is 0 Å². The van der Waals surface area contributed by atoms with Crippen molar-refractivity contribution in [1.82, 2.24) is 5.32 Å². The van der Waals surface area contributed by atoms with E-state index in [-0.39, 0.29) is 0 Å². The minimum Gasteiger partial charge on any atom is -0.453 e. The van der Waals surface area contributed by atoms with Crippen LogP contribution in [0.5, 0.6) is 0 Å². The van der Waals surface area contributed by atoms with Crippen molar-refractivity contribution < 1.29 is 9.15 Å². The lowest BCUT2D eigenvalue weighted by Gasteiger charge is -2.30. The lowest BCUT2D eigenvalue weighted by molar-refractivity contribution is -0.0163. The van der Waals surface area contributed by atoms with Gasteiger partial charge in [-0.25, -0.2) is 0 Å². The van der Waals surface area contributed by atoms with Gasteiger partial charge >= 0.3 is 0 Å². The third-order valence-electron chi connectivity index (χ3n) is 3.33. The van der Waals surface area contributed by atoms with Crippen molar-refractivity contribution >= 4 is 15.9 Å². The van der Waals surface area contributed by atoms with Crippen molar-refractivity contribution in [1.29, 1.82) is 0 Å². The van der Waals surface area contributed by atoms with Crippen LogP contribution < -0.4 is 5.32 Å². The first kappa shape index (κ1) is 14.1. The molecule has 0 aromatic carbocycles. The Kier molecular flexibility index (Phi) is 5.27. The molecule has 0 amide bonds. The summed E-state index contributed by atoms with van der Waals surface area (Å²) >= 11 is 3.32.